The molecule has 1 aromatic carbocycles. The maximum atomic E-state index is 12.9. The van der Waals surface area contributed by atoms with Gasteiger partial charge in [0.2, 0.25) is 11.8 Å². The first kappa shape index (κ1) is 19.2. The van der Waals surface area contributed by atoms with Crippen molar-refractivity contribution in [2.75, 3.05) is 13.1 Å². The van der Waals surface area contributed by atoms with Crippen LogP contribution in [0.5, 0.6) is 5.88 Å². The van der Waals surface area contributed by atoms with Crippen molar-refractivity contribution in [1.82, 2.24) is 9.88 Å². The van der Waals surface area contributed by atoms with Gasteiger partial charge in [0, 0.05) is 30.3 Å². The minimum absolute atomic E-state index is 0.0542. The summed E-state index contributed by atoms with van der Waals surface area (Å²) in [7, 11) is 0. The topological polar surface area (TPSA) is 42.4 Å². The van der Waals surface area contributed by atoms with E-state index in [9.17, 15) is 4.79 Å². The van der Waals surface area contributed by atoms with Gasteiger partial charge in [-0.3, -0.25) is 4.79 Å². The van der Waals surface area contributed by atoms with Gasteiger partial charge < -0.3 is 9.64 Å². The van der Waals surface area contributed by atoms with E-state index in [0.717, 1.165) is 42.6 Å². The first-order valence-corrected chi connectivity index (χ1v) is 11.0. The van der Waals surface area contributed by atoms with E-state index in [-0.39, 0.29) is 12.0 Å². The number of para-hydroxylation sites is 1. The number of nitrogens with zero attached hydrogens (tertiary/aromatic N) is 2. The largest absolute Gasteiger partial charge is 0.472 e. The molecule has 1 aliphatic carbocycles. The molecule has 0 radical (unpaired) electrons. The highest BCUT2D eigenvalue weighted by atomic mass is 16.5. The fraction of sp³-hybridized carbons (Fsp3) is 0.583. The van der Waals surface area contributed by atoms with Crippen LogP contribution in [0.25, 0.3) is 10.9 Å². The third-order valence-corrected chi connectivity index (χ3v) is 6.48. The lowest BCUT2D eigenvalue weighted by Crippen LogP contribution is -2.37. The highest BCUT2D eigenvalue weighted by molar-refractivity contribution is 5.79. The monoisotopic (exact) mass is 380 g/mol. The lowest BCUT2D eigenvalue weighted by molar-refractivity contribution is -0.136. The summed E-state index contributed by atoms with van der Waals surface area (Å²) in [4.78, 5) is 19.6. The fourth-order valence-electron chi connectivity index (χ4n) is 4.76. The Morgan fingerprint density at radius 1 is 1.11 bits per heavy atom. The SMILES string of the molecule is CCCCC1CCC(C(=O)N2CCC(Oc3ccc4ccccc4n3)C2)CC1. The Bertz CT molecular complexity index is 798. The molecule has 1 unspecified atom stereocenters. The quantitative estimate of drug-likeness (QED) is 0.691. The van der Waals surface area contributed by atoms with Crippen molar-refractivity contribution in [3.8, 4) is 5.88 Å². The van der Waals surface area contributed by atoms with Crippen LogP contribution >= 0.6 is 0 Å². The predicted octanol–water partition coefficient (Wildman–Crippen LogP) is 5.21. The second-order valence-corrected chi connectivity index (χ2v) is 8.51. The number of hydrogen-bond acceptors (Lipinski definition) is 3. The van der Waals surface area contributed by atoms with Gasteiger partial charge in [-0.05, 0) is 43.7 Å². The van der Waals surface area contributed by atoms with Crippen LogP contribution in [0.15, 0.2) is 36.4 Å². The molecule has 2 aliphatic rings. The van der Waals surface area contributed by atoms with Crippen molar-refractivity contribution in [2.24, 2.45) is 11.8 Å². The van der Waals surface area contributed by atoms with E-state index in [1.807, 2.05) is 35.2 Å². The molecule has 1 aliphatic heterocycles. The van der Waals surface area contributed by atoms with Crippen LogP contribution in [0.1, 0.15) is 58.3 Å². The molecule has 2 aromatic rings. The number of unbranched alkanes of at least 4 members (excludes halogenated alkanes) is 1. The molecule has 1 saturated heterocycles. The van der Waals surface area contributed by atoms with Gasteiger partial charge in [-0.1, -0.05) is 44.4 Å². The van der Waals surface area contributed by atoms with Gasteiger partial charge in [0.15, 0.2) is 0 Å². The standard InChI is InChI=1S/C24H32N2O2/c1-2-3-6-18-9-11-20(12-10-18)24(27)26-16-15-21(17-26)28-23-14-13-19-7-4-5-8-22(19)25-23/h4-5,7-8,13-14,18,20-21H,2-3,6,9-12,15-17H2,1H3. The van der Waals surface area contributed by atoms with Gasteiger partial charge in [-0.15, -0.1) is 0 Å². The summed E-state index contributed by atoms with van der Waals surface area (Å²) in [5.74, 6) is 2.09. The van der Waals surface area contributed by atoms with Crippen LogP contribution in [0.4, 0.5) is 0 Å². The van der Waals surface area contributed by atoms with Gasteiger partial charge in [0.1, 0.15) is 6.10 Å². The lowest BCUT2D eigenvalue weighted by Gasteiger charge is -2.30. The molecule has 4 rings (SSSR count). The van der Waals surface area contributed by atoms with E-state index in [4.69, 9.17) is 4.74 Å². The zero-order chi connectivity index (χ0) is 19.3. The zero-order valence-corrected chi connectivity index (χ0v) is 17.0. The maximum Gasteiger partial charge on any atom is 0.225 e. The number of carbonyl (C=O) groups excluding carboxylic acids is 1. The molecular weight excluding hydrogens is 348 g/mol. The van der Waals surface area contributed by atoms with Crippen LogP contribution in [0.2, 0.25) is 0 Å². The van der Waals surface area contributed by atoms with Crippen LogP contribution in [-0.2, 0) is 4.79 Å². The molecule has 4 heteroatoms. The van der Waals surface area contributed by atoms with E-state index in [1.54, 1.807) is 0 Å². The normalized spacial score (nSPS) is 25.2. The number of amides is 1. The Morgan fingerprint density at radius 2 is 1.93 bits per heavy atom. The number of rotatable bonds is 6. The summed E-state index contributed by atoms with van der Waals surface area (Å²) >= 11 is 0. The van der Waals surface area contributed by atoms with Gasteiger partial charge in [0.05, 0.1) is 12.1 Å². The van der Waals surface area contributed by atoms with Crippen molar-refractivity contribution in [3.05, 3.63) is 36.4 Å². The Labute approximate surface area is 168 Å². The number of likely N-dealkylation sites (tertiary alicyclic amines) is 1. The summed E-state index contributed by atoms with van der Waals surface area (Å²) in [5, 5.41) is 1.12. The molecule has 1 amide bonds. The van der Waals surface area contributed by atoms with E-state index in [0.29, 0.717) is 18.3 Å². The summed E-state index contributed by atoms with van der Waals surface area (Å²) in [5.41, 5.74) is 0.950. The Kier molecular flexibility index (Phi) is 6.13. The predicted molar refractivity (Wildman–Crippen MR) is 112 cm³/mol. The van der Waals surface area contributed by atoms with E-state index in [2.05, 4.69) is 18.0 Å². The molecular formula is C24H32N2O2. The fourth-order valence-corrected chi connectivity index (χ4v) is 4.76. The first-order chi connectivity index (χ1) is 13.7. The third kappa shape index (κ3) is 4.48. The molecule has 0 spiro atoms. The Hall–Kier alpha value is -2.10. The van der Waals surface area contributed by atoms with Crippen LogP contribution < -0.4 is 4.74 Å². The third-order valence-electron chi connectivity index (χ3n) is 6.48. The summed E-state index contributed by atoms with van der Waals surface area (Å²) in [6.07, 6.45) is 9.50. The first-order valence-electron chi connectivity index (χ1n) is 11.0. The molecule has 0 bridgehead atoms. The minimum Gasteiger partial charge on any atom is -0.472 e. The number of aromatic nitrogens is 1. The molecule has 28 heavy (non-hydrogen) atoms. The number of fused-ring (bicyclic) bond motifs is 1. The molecule has 1 atom stereocenters. The summed E-state index contributed by atoms with van der Waals surface area (Å²) in [6.45, 7) is 3.77. The van der Waals surface area contributed by atoms with Gasteiger partial charge in [0.25, 0.3) is 0 Å². The smallest absolute Gasteiger partial charge is 0.225 e. The summed E-state index contributed by atoms with van der Waals surface area (Å²) in [6, 6.07) is 12.0. The van der Waals surface area contributed by atoms with Crippen LogP contribution in [0, 0.1) is 11.8 Å². The van der Waals surface area contributed by atoms with Gasteiger partial charge in [-0.2, -0.15) is 0 Å². The van der Waals surface area contributed by atoms with Crippen molar-refractivity contribution < 1.29 is 9.53 Å². The van der Waals surface area contributed by atoms with Crippen molar-refractivity contribution in [1.29, 1.82) is 0 Å². The number of benzene rings is 1. The average molecular weight is 381 g/mol. The van der Waals surface area contributed by atoms with E-state index in [1.165, 1.54) is 32.1 Å². The van der Waals surface area contributed by atoms with Crippen molar-refractivity contribution in [2.45, 2.75) is 64.4 Å². The maximum absolute atomic E-state index is 12.9. The highest BCUT2D eigenvalue weighted by Gasteiger charge is 2.34. The molecule has 150 valence electrons. The van der Waals surface area contributed by atoms with Gasteiger partial charge >= 0.3 is 0 Å². The molecule has 4 nitrogen and oxygen atoms in total. The minimum atomic E-state index is 0.0542. The highest BCUT2D eigenvalue weighted by Crippen LogP contribution is 2.33. The lowest BCUT2D eigenvalue weighted by atomic mass is 9.79. The van der Waals surface area contributed by atoms with Crippen molar-refractivity contribution >= 4 is 16.8 Å². The molecule has 1 aromatic heterocycles. The average Bonchev–Trinajstić information content (AvgIpc) is 3.20. The van der Waals surface area contributed by atoms with Gasteiger partial charge in [-0.25, -0.2) is 4.98 Å². The Morgan fingerprint density at radius 3 is 2.75 bits per heavy atom. The number of hydrogen-bond donors (Lipinski definition) is 0. The van der Waals surface area contributed by atoms with E-state index < -0.39 is 0 Å². The second-order valence-electron chi connectivity index (χ2n) is 8.51. The molecule has 0 N–H and O–H groups in total. The summed E-state index contributed by atoms with van der Waals surface area (Å²) < 4.78 is 6.11. The number of ether oxygens (including phenoxy) is 1. The van der Waals surface area contributed by atoms with Crippen LogP contribution in [-0.4, -0.2) is 35.0 Å². The van der Waals surface area contributed by atoms with Crippen LogP contribution in [0.3, 0.4) is 0 Å². The van der Waals surface area contributed by atoms with Crippen molar-refractivity contribution in [3.63, 3.8) is 0 Å². The number of carbonyl (C=O) groups is 1. The second kappa shape index (κ2) is 8.93. The number of pyridine rings is 1. The molecule has 2 heterocycles. The molecule has 1 saturated carbocycles. The van der Waals surface area contributed by atoms with E-state index >= 15 is 0 Å². The Balaban J connectivity index is 1.28. The molecule has 2 fully saturated rings. The zero-order valence-electron chi connectivity index (χ0n) is 17.0.